The molecule has 1 aromatic heterocycles. The first-order valence-corrected chi connectivity index (χ1v) is 11.0. The first kappa shape index (κ1) is 20.6. The summed E-state index contributed by atoms with van der Waals surface area (Å²) in [7, 11) is 0. The maximum Gasteiger partial charge on any atom is 0.222 e. The standard InChI is InChI=1S/C25H32N4O/c1-19-13-20(2)16-28(15-19)17-22-9-7-21(8-10-22)14-26-25(30)11-12-29-18-27-23-5-3-4-6-24(23)29/h3-10,18-20H,11-17H2,1-2H3,(H,26,30). The molecule has 1 aliphatic heterocycles. The molecule has 4 rings (SSSR count). The lowest BCUT2D eigenvalue weighted by Crippen LogP contribution is -2.38. The summed E-state index contributed by atoms with van der Waals surface area (Å²) in [4.78, 5) is 19.2. The van der Waals surface area contributed by atoms with Crippen molar-refractivity contribution >= 4 is 16.9 Å². The van der Waals surface area contributed by atoms with Crippen molar-refractivity contribution in [1.29, 1.82) is 0 Å². The average Bonchev–Trinajstić information content (AvgIpc) is 3.14. The summed E-state index contributed by atoms with van der Waals surface area (Å²) < 4.78 is 2.03. The number of nitrogens with one attached hydrogen (secondary N) is 1. The van der Waals surface area contributed by atoms with Gasteiger partial charge in [-0.15, -0.1) is 0 Å². The number of likely N-dealkylation sites (tertiary alicyclic amines) is 1. The third-order valence-corrected chi connectivity index (χ3v) is 5.97. The van der Waals surface area contributed by atoms with Crippen molar-refractivity contribution in [3.05, 3.63) is 66.0 Å². The van der Waals surface area contributed by atoms with E-state index >= 15 is 0 Å². The molecule has 158 valence electrons. The van der Waals surface area contributed by atoms with E-state index in [2.05, 4.69) is 53.3 Å². The molecular formula is C25H32N4O. The highest BCUT2D eigenvalue weighted by Gasteiger charge is 2.21. The molecule has 0 bridgehead atoms. The Morgan fingerprint density at radius 3 is 2.50 bits per heavy atom. The van der Waals surface area contributed by atoms with Gasteiger partial charge < -0.3 is 9.88 Å². The van der Waals surface area contributed by atoms with Gasteiger partial charge in [-0.3, -0.25) is 9.69 Å². The number of benzene rings is 2. The second-order valence-electron chi connectivity index (χ2n) is 8.91. The molecular weight excluding hydrogens is 372 g/mol. The van der Waals surface area contributed by atoms with Gasteiger partial charge in [0.2, 0.25) is 5.91 Å². The SMILES string of the molecule is CC1CC(C)CN(Cc2ccc(CNC(=O)CCn3cnc4ccccc43)cc2)C1. The predicted molar refractivity (Wildman–Crippen MR) is 121 cm³/mol. The Kier molecular flexibility index (Phi) is 6.48. The number of amides is 1. The number of carbonyl (C=O) groups is 1. The number of rotatable bonds is 7. The summed E-state index contributed by atoms with van der Waals surface area (Å²) in [6.45, 7) is 9.30. The van der Waals surface area contributed by atoms with Gasteiger partial charge in [0.1, 0.15) is 0 Å². The molecule has 1 amide bonds. The number of carbonyl (C=O) groups excluding carboxylic acids is 1. The molecule has 2 heterocycles. The van der Waals surface area contributed by atoms with Crippen molar-refractivity contribution in [2.24, 2.45) is 11.8 Å². The summed E-state index contributed by atoms with van der Waals surface area (Å²) in [5.74, 6) is 1.63. The molecule has 30 heavy (non-hydrogen) atoms. The largest absolute Gasteiger partial charge is 0.352 e. The lowest BCUT2D eigenvalue weighted by molar-refractivity contribution is -0.121. The molecule has 5 heteroatoms. The van der Waals surface area contributed by atoms with Gasteiger partial charge in [0.25, 0.3) is 0 Å². The molecule has 0 radical (unpaired) electrons. The van der Waals surface area contributed by atoms with Gasteiger partial charge in [0.15, 0.2) is 0 Å². The number of aryl methyl sites for hydroxylation is 1. The third kappa shape index (κ3) is 5.28. The summed E-state index contributed by atoms with van der Waals surface area (Å²) >= 11 is 0. The maximum atomic E-state index is 12.3. The number of imidazole rings is 1. The summed E-state index contributed by atoms with van der Waals surface area (Å²) in [6.07, 6.45) is 3.59. The van der Waals surface area contributed by atoms with Crippen LogP contribution in [0.4, 0.5) is 0 Å². The smallest absolute Gasteiger partial charge is 0.222 e. The van der Waals surface area contributed by atoms with Crippen LogP contribution in [0, 0.1) is 11.8 Å². The molecule has 1 N–H and O–H groups in total. The van der Waals surface area contributed by atoms with Crippen LogP contribution in [0.3, 0.4) is 0 Å². The van der Waals surface area contributed by atoms with Crippen molar-refractivity contribution in [2.45, 2.75) is 46.3 Å². The number of para-hydroxylation sites is 2. The highest BCUT2D eigenvalue weighted by Crippen LogP contribution is 2.22. The first-order chi connectivity index (χ1) is 14.6. The Hall–Kier alpha value is -2.66. The Bertz CT molecular complexity index is 968. The summed E-state index contributed by atoms with van der Waals surface area (Å²) in [5.41, 5.74) is 4.52. The highest BCUT2D eigenvalue weighted by atomic mass is 16.1. The monoisotopic (exact) mass is 404 g/mol. The van der Waals surface area contributed by atoms with Gasteiger partial charge in [-0.2, -0.15) is 0 Å². The van der Waals surface area contributed by atoms with Crippen LogP contribution in [0.25, 0.3) is 11.0 Å². The molecule has 2 unspecified atom stereocenters. The number of hydrogen-bond donors (Lipinski definition) is 1. The van der Waals surface area contributed by atoms with Crippen LogP contribution in [0.1, 0.15) is 37.8 Å². The second kappa shape index (κ2) is 9.43. The van der Waals surface area contributed by atoms with Crippen LogP contribution in [0.2, 0.25) is 0 Å². The normalized spacial score (nSPS) is 19.8. The fraction of sp³-hybridized carbons (Fsp3) is 0.440. The van der Waals surface area contributed by atoms with Crippen molar-refractivity contribution in [2.75, 3.05) is 13.1 Å². The fourth-order valence-corrected chi connectivity index (χ4v) is 4.64. The summed E-state index contributed by atoms with van der Waals surface area (Å²) in [6, 6.07) is 16.7. The van der Waals surface area contributed by atoms with Gasteiger partial charge in [-0.05, 0) is 41.5 Å². The number of fused-ring (bicyclic) bond motifs is 1. The Labute approximate surface area is 179 Å². The molecule has 5 nitrogen and oxygen atoms in total. The topological polar surface area (TPSA) is 50.2 Å². The molecule has 2 aromatic carbocycles. The zero-order valence-corrected chi connectivity index (χ0v) is 18.1. The Balaban J connectivity index is 1.23. The van der Waals surface area contributed by atoms with Crippen molar-refractivity contribution in [1.82, 2.24) is 19.8 Å². The zero-order valence-electron chi connectivity index (χ0n) is 18.1. The van der Waals surface area contributed by atoms with Gasteiger partial charge >= 0.3 is 0 Å². The van der Waals surface area contributed by atoms with Crippen LogP contribution in [-0.2, 0) is 24.4 Å². The number of aromatic nitrogens is 2. The second-order valence-corrected chi connectivity index (χ2v) is 8.91. The van der Waals surface area contributed by atoms with Gasteiger partial charge in [0, 0.05) is 39.1 Å². The van der Waals surface area contributed by atoms with E-state index in [4.69, 9.17) is 0 Å². The lowest BCUT2D eigenvalue weighted by atomic mass is 9.91. The fourth-order valence-electron chi connectivity index (χ4n) is 4.64. The molecule has 2 atom stereocenters. The quantitative estimate of drug-likeness (QED) is 0.641. The van der Waals surface area contributed by atoms with Crippen LogP contribution in [-0.4, -0.2) is 33.4 Å². The molecule has 0 spiro atoms. The van der Waals surface area contributed by atoms with E-state index in [0.29, 0.717) is 19.5 Å². The van der Waals surface area contributed by atoms with E-state index in [-0.39, 0.29) is 5.91 Å². The van der Waals surface area contributed by atoms with E-state index < -0.39 is 0 Å². The van der Waals surface area contributed by atoms with Crippen LogP contribution >= 0.6 is 0 Å². The minimum Gasteiger partial charge on any atom is -0.352 e. The van der Waals surface area contributed by atoms with Crippen molar-refractivity contribution in [3.8, 4) is 0 Å². The lowest BCUT2D eigenvalue weighted by Gasteiger charge is -2.35. The van der Waals surface area contributed by atoms with Gasteiger partial charge in [-0.25, -0.2) is 4.98 Å². The van der Waals surface area contributed by atoms with E-state index in [0.717, 1.165) is 35.0 Å². The van der Waals surface area contributed by atoms with Crippen LogP contribution in [0.5, 0.6) is 0 Å². The Morgan fingerprint density at radius 2 is 1.73 bits per heavy atom. The molecule has 1 saturated heterocycles. The molecule has 1 fully saturated rings. The highest BCUT2D eigenvalue weighted by molar-refractivity contribution is 5.77. The Morgan fingerprint density at radius 1 is 1.03 bits per heavy atom. The van der Waals surface area contributed by atoms with Crippen molar-refractivity contribution in [3.63, 3.8) is 0 Å². The molecule has 1 aliphatic rings. The van der Waals surface area contributed by atoms with Gasteiger partial charge in [-0.1, -0.05) is 50.2 Å². The van der Waals surface area contributed by atoms with E-state index in [9.17, 15) is 4.79 Å². The minimum absolute atomic E-state index is 0.0631. The maximum absolute atomic E-state index is 12.3. The minimum atomic E-state index is 0.0631. The zero-order chi connectivity index (χ0) is 20.9. The van der Waals surface area contributed by atoms with Crippen LogP contribution in [0.15, 0.2) is 54.9 Å². The number of hydrogen-bond acceptors (Lipinski definition) is 3. The number of piperidine rings is 1. The van der Waals surface area contributed by atoms with E-state index in [1.165, 1.54) is 25.1 Å². The van der Waals surface area contributed by atoms with Gasteiger partial charge in [0.05, 0.1) is 17.4 Å². The van der Waals surface area contributed by atoms with E-state index in [1.54, 1.807) is 6.33 Å². The van der Waals surface area contributed by atoms with Crippen molar-refractivity contribution < 1.29 is 4.79 Å². The average molecular weight is 405 g/mol. The molecule has 0 aliphatic carbocycles. The van der Waals surface area contributed by atoms with E-state index in [1.807, 2.05) is 28.8 Å². The first-order valence-electron chi connectivity index (χ1n) is 11.0. The third-order valence-electron chi connectivity index (χ3n) is 5.97. The molecule has 0 saturated carbocycles. The predicted octanol–water partition coefficient (Wildman–Crippen LogP) is 4.22. The summed E-state index contributed by atoms with van der Waals surface area (Å²) in [5, 5.41) is 3.04. The molecule has 3 aromatic rings. The van der Waals surface area contributed by atoms with Crippen LogP contribution < -0.4 is 5.32 Å². The number of nitrogens with zero attached hydrogens (tertiary/aromatic N) is 3.